The molecular formula is C17H24N6. The van der Waals surface area contributed by atoms with E-state index in [1.54, 1.807) is 0 Å². The maximum Gasteiger partial charge on any atom is 0.134 e. The molecule has 0 radical (unpaired) electrons. The van der Waals surface area contributed by atoms with Crippen molar-refractivity contribution in [1.82, 2.24) is 19.7 Å². The van der Waals surface area contributed by atoms with Gasteiger partial charge in [-0.2, -0.15) is 5.10 Å². The minimum Gasteiger partial charge on any atom is -0.365 e. The molecule has 0 amide bonds. The third kappa shape index (κ3) is 2.90. The summed E-state index contributed by atoms with van der Waals surface area (Å²) >= 11 is 0. The summed E-state index contributed by atoms with van der Waals surface area (Å²) in [7, 11) is 1.96. The van der Waals surface area contributed by atoms with Crippen molar-refractivity contribution in [3.05, 3.63) is 30.0 Å². The van der Waals surface area contributed by atoms with E-state index in [2.05, 4.69) is 39.1 Å². The molecule has 0 bridgehead atoms. The molecule has 23 heavy (non-hydrogen) atoms. The molecule has 6 nitrogen and oxygen atoms in total. The molecular weight excluding hydrogens is 288 g/mol. The van der Waals surface area contributed by atoms with Crippen LogP contribution in [0.15, 0.2) is 18.5 Å². The zero-order valence-corrected chi connectivity index (χ0v) is 13.9. The molecule has 0 N–H and O–H groups in total. The maximum atomic E-state index is 4.86. The van der Waals surface area contributed by atoms with E-state index in [1.165, 1.54) is 24.9 Å². The van der Waals surface area contributed by atoms with E-state index in [4.69, 9.17) is 4.98 Å². The zero-order valence-electron chi connectivity index (χ0n) is 13.9. The lowest BCUT2D eigenvalue weighted by Crippen LogP contribution is -2.46. The molecule has 2 aliphatic rings. The predicted molar refractivity (Wildman–Crippen MR) is 91.0 cm³/mol. The second-order valence-electron chi connectivity index (χ2n) is 6.70. The Hall–Kier alpha value is -2.11. The Kier molecular flexibility index (Phi) is 3.67. The fraction of sp³-hybridized carbons (Fsp3) is 0.588. The van der Waals surface area contributed by atoms with Crippen LogP contribution in [0.5, 0.6) is 0 Å². The average molecular weight is 312 g/mol. The monoisotopic (exact) mass is 312 g/mol. The Labute approximate surface area is 137 Å². The molecule has 0 unspecified atom stereocenters. The Morgan fingerprint density at radius 2 is 1.78 bits per heavy atom. The highest BCUT2D eigenvalue weighted by molar-refractivity contribution is 5.47. The van der Waals surface area contributed by atoms with Gasteiger partial charge in [0.15, 0.2) is 0 Å². The SMILES string of the molecule is Cc1cc(N2CCN(c3cnn(C)c3)CC2)nc(C2CCC2)n1. The van der Waals surface area contributed by atoms with E-state index in [9.17, 15) is 0 Å². The van der Waals surface area contributed by atoms with Gasteiger partial charge in [-0.15, -0.1) is 0 Å². The summed E-state index contributed by atoms with van der Waals surface area (Å²) in [4.78, 5) is 14.3. The van der Waals surface area contributed by atoms with Crippen molar-refractivity contribution >= 4 is 11.5 Å². The number of hydrogen-bond donors (Lipinski definition) is 0. The van der Waals surface area contributed by atoms with Crippen molar-refractivity contribution in [2.45, 2.75) is 32.1 Å². The van der Waals surface area contributed by atoms with E-state index < -0.39 is 0 Å². The van der Waals surface area contributed by atoms with Crippen molar-refractivity contribution in [3.8, 4) is 0 Å². The number of aromatic nitrogens is 4. The smallest absolute Gasteiger partial charge is 0.134 e. The van der Waals surface area contributed by atoms with E-state index in [0.717, 1.165) is 43.5 Å². The molecule has 0 spiro atoms. The fourth-order valence-corrected chi connectivity index (χ4v) is 3.35. The van der Waals surface area contributed by atoms with E-state index >= 15 is 0 Å². The van der Waals surface area contributed by atoms with Gasteiger partial charge in [0.1, 0.15) is 11.6 Å². The fourth-order valence-electron chi connectivity index (χ4n) is 3.35. The van der Waals surface area contributed by atoms with Gasteiger partial charge in [-0.05, 0) is 19.8 Å². The molecule has 1 saturated carbocycles. The second kappa shape index (κ2) is 5.83. The molecule has 3 heterocycles. The lowest BCUT2D eigenvalue weighted by molar-refractivity contribution is 0.400. The van der Waals surface area contributed by atoms with Crippen LogP contribution in [0.4, 0.5) is 11.5 Å². The Morgan fingerprint density at radius 3 is 2.39 bits per heavy atom. The zero-order chi connectivity index (χ0) is 15.8. The highest BCUT2D eigenvalue weighted by atomic mass is 15.3. The van der Waals surface area contributed by atoms with Crippen LogP contribution in [0.1, 0.15) is 36.7 Å². The summed E-state index contributed by atoms with van der Waals surface area (Å²) in [5.74, 6) is 2.75. The molecule has 2 aromatic heterocycles. The maximum absolute atomic E-state index is 4.86. The van der Waals surface area contributed by atoms with Crippen LogP contribution >= 0.6 is 0 Å². The summed E-state index contributed by atoms with van der Waals surface area (Å²) in [5, 5.41) is 4.27. The Morgan fingerprint density at radius 1 is 1.04 bits per heavy atom. The van der Waals surface area contributed by atoms with Gasteiger partial charge in [-0.3, -0.25) is 4.68 Å². The predicted octanol–water partition coefficient (Wildman–Crippen LogP) is 2.11. The van der Waals surface area contributed by atoms with Crippen LogP contribution in [-0.4, -0.2) is 45.9 Å². The summed E-state index contributed by atoms with van der Waals surface area (Å²) < 4.78 is 1.86. The van der Waals surface area contributed by atoms with Crippen LogP contribution in [-0.2, 0) is 7.05 Å². The van der Waals surface area contributed by atoms with Crippen molar-refractivity contribution in [2.75, 3.05) is 36.0 Å². The molecule has 2 fully saturated rings. The number of rotatable bonds is 3. The van der Waals surface area contributed by atoms with Gasteiger partial charge in [0.05, 0.1) is 11.9 Å². The number of aryl methyl sites for hydroxylation is 2. The third-order valence-corrected chi connectivity index (χ3v) is 4.99. The third-order valence-electron chi connectivity index (χ3n) is 4.99. The first-order valence-electron chi connectivity index (χ1n) is 8.53. The highest BCUT2D eigenvalue weighted by Gasteiger charge is 2.25. The van der Waals surface area contributed by atoms with Crippen LogP contribution in [0, 0.1) is 6.92 Å². The number of nitrogens with zero attached hydrogens (tertiary/aromatic N) is 6. The standard InChI is InChI=1S/C17H24N6/c1-13-10-16(20-17(19-13)14-4-3-5-14)23-8-6-22(7-9-23)15-11-18-21(2)12-15/h10-12,14H,3-9H2,1-2H3. The molecule has 2 aromatic rings. The van der Waals surface area contributed by atoms with Crippen molar-refractivity contribution < 1.29 is 0 Å². The van der Waals surface area contributed by atoms with E-state index in [0.29, 0.717) is 5.92 Å². The normalized spacial score (nSPS) is 19.0. The lowest BCUT2D eigenvalue weighted by atomic mass is 9.85. The molecule has 1 aliphatic carbocycles. The van der Waals surface area contributed by atoms with Crippen LogP contribution in [0.25, 0.3) is 0 Å². The second-order valence-corrected chi connectivity index (χ2v) is 6.70. The summed E-state index contributed by atoms with van der Waals surface area (Å²) in [6.07, 6.45) is 7.84. The number of piperazine rings is 1. The Balaban J connectivity index is 1.46. The molecule has 122 valence electrons. The first kappa shape index (κ1) is 14.5. The molecule has 1 saturated heterocycles. The summed E-state index contributed by atoms with van der Waals surface area (Å²) in [5.41, 5.74) is 2.30. The largest absolute Gasteiger partial charge is 0.365 e. The number of hydrogen-bond acceptors (Lipinski definition) is 5. The van der Waals surface area contributed by atoms with Crippen molar-refractivity contribution in [2.24, 2.45) is 7.05 Å². The molecule has 0 aromatic carbocycles. The quantitative estimate of drug-likeness (QED) is 0.869. The van der Waals surface area contributed by atoms with Gasteiger partial charge in [0.2, 0.25) is 0 Å². The Bertz CT molecular complexity index is 682. The van der Waals surface area contributed by atoms with Gasteiger partial charge in [0.25, 0.3) is 0 Å². The van der Waals surface area contributed by atoms with E-state index in [-0.39, 0.29) is 0 Å². The number of anilines is 2. The van der Waals surface area contributed by atoms with E-state index in [1.807, 2.05) is 17.9 Å². The molecule has 4 rings (SSSR count). The highest BCUT2D eigenvalue weighted by Crippen LogP contribution is 2.35. The minimum atomic E-state index is 0.588. The molecule has 0 atom stereocenters. The minimum absolute atomic E-state index is 0.588. The van der Waals surface area contributed by atoms with Crippen LogP contribution in [0.2, 0.25) is 0 Å². The first-order chi connectivity index (χ1) is 11.2. The van der Waals surface area contributed by atoms with Crippen molar-refractivity contribution in [3.63, 3.8) is 0 Å². The van der Waals surface area contributed by atoms with Crippen molar-refractivity contribution in [1.29, 1.82) is 0 Å². The summed E-state index contributed by atoms with van der Waals surface area (Å²) in [6.45, 7) is 6.09. The lowest BCUT2D eigenvalue weighted by Gasteiger charge is -2.36. The van der Waals surface area contributed by atoms with Crippen LogP contribution in [0.3, 0.4) is 0 Å². The molecule has 6 heteroatoms. The van der Waals surface area contributed by atoms with Crippen LogP contribution < -0.4 is 9.80 Å². The van der Waals surface area contributed by atoms with Gasteiger partial charge in [-0.25, -0.2) is 9.97 Å². The van der Waals surface area contributed by atoms with Gasteiger partial charge < -0.3 is 9.80 Å². The summed E-state index contributed by atoms with van der Waals surface area (Å²) in [6, 6.07) is 2.13. The van der Waals surface area contributed by atoms with Gasteiger partial charge >= 0.3 is 0 Å². The topological polar surface area (TPSA) is 50.1 Å². The molecule has 1 aliphatic heterocycles. The van der Waals surface area contributed by atoms with Gasteiger partial charge in [-0.1, -0.05) is 6.42 Å². The average Bonchev–Trinajstić information content (AvgIpc) is 2.92. The van der Waals surface area contributed by atoms with Gasteiger partial charge in [0, 0.05) is 57.1 Å². The first-order valence-corrected chi connectivity index (χ1v) is 8.53.